The summed E-state index contributed by atoms with van der Waals surface area (Å²) in [5, 5.41) is 0. The number of hydrogen-bond acceptors (Lipinski definition) is 2. The zero-order chi connectivity index (χ0) is 13.2. The molecule has 0 amide bonds. The first kappa shape index (κ1) is 13.2. The highest BCUT2D eigenvalue weighted by Gasteiger charge is 2.42. The number of rotatable bonds is 3. The smallest absolute Gasteiger partial charge is 0.197 e. The fourth-order valence-corrected chi connectivity index (χ4v) is 2.64. The molecule has 0 heterocycles. The highest BCUT2D eigenvalue weighted by Crippen LogP contribution is 2.37. The predicted molar refractivity (Wildman–Crippen MR) is 68.1 cm³/mol. The minimum Gasteiger partial charge on any atom is -0.370 e. The minimum absolute atomic E-state index is 0.147. The molecule has 1 fully saturated rings. The lowest BCUT2D eigenvalue weighted by Crippen LogP contribution is -2.44. The summed E-state index contributed by atoms with van der Waals surface area (Å²) in [5.74, 6) is -0.0609. The second-order valence-corrected chi connectivity index (χ2v) is 5.19. The van der Waals surface area contributed by atoms with E-state index < -0.39 is 11.4 Å². The molecule has 3 heteroatoms. The number of ether oxygens (including phenoxy) is 1. The van der Waals surface area contributed by atoms with Crippen LogP contribution in [0.1, 0.15) is 43.0 Å². The normalized spacial score (nSPS) is 28.1. The topological polar surface area (TPSA) is 26.3 Å². The Balaban J connectivity index is 2.28. The molecule has 0 saturated heterocycles. The SMILES string of the molecule is COC1(C(=O)c2ccccc2F)CCC(C)CC1. The quantitative estimate of drug-likeness (QED) is 0.766. The Morgan fingerprint density at radius 3 is 2.50 bits per heavy atom. The Hall–Kier alpha value is -1.22. The number of methoxy groups -OCH3 is 1. The van der Waals surface area contributed by atoms with Crippen LogP contribution >= 0.6 is 0 Å². The monoisotopic (exact) mass is 250 g/mol. The minimum atomic E-state index is -0.825. The van der Waals surface area contributed by atoms with Crippen molar-refractivity contribution in [3.05, 3.63) is 35.6 Å². The number of carbonyl (C=O) groups excluding carboxylic acids is 1. The lowest BCUT2D eigenvalue weighted by Gasteiger charge is -2.37. The number of ketones is 1. The second-order valence-electron chi connectivity index (χ2n) is 5.19. The van der Waals surface area contributed by atoms with Gasteiger partial charge in [0, 0.05) is 7.11 Å². The highest BCUT2D eigenvalue weighted by atomic mass is 19.1. The zero-order valence-electron chi connectivity index (χ0n) is 10.9. The molecule has 0 aliphatic heterocycles. The summed E-state index contributed by atoms with van der Waals surface area (Å²) in [6.45, 7) is 2.17. The molecule has 18 heavy (non-hydrogen) atoms. The second kappa shape index (κ2) is 5.19. The summed E-state index contributed by atoms with van der Waals surface area (Å²) in [7, 11) is 1.55. The van der Waals surface area contributed by atoms with Crippen molar-refractivity contribution >= 4 is 5.78 Å². The standard InChI is InChI=1S/C15H19FO2/c1-11-7-9-15(18-2,10-8-11)14(17)12-5-3-4-6-13(12)16/h3-6,11H,7-10H2,1-2H3. The van der Waals surface area contributed by atoms with Crippen LogP contribution in [0.15, 0.2) is 24.3 Å². The molecule has 98 valence electrons. The van der Waals surface area contributed by atoms with Crippen molar-refractivity contribution in [3.8, 4) is 0 Å². The van der Waals surface area contributed by atoms with Crippen molar-refractivity contribution in [1.82, 2.24) is 0 Å². The van der Waals surface area contributed by atoms with E-state index in [0.717, 1.165) is 12.8 Å². The fraction of sp³-hybridized carbons (Fsp3) is 0.533. The van der Waals surface area contributed by atoms with Crippen LogP contribution < -0.4 is 0 Å². The molecule has 1 aliphatic rings. The third-order valence-electron chi connectivity index (χ3n) is 4.00. The highest BCUT2D eigenvalue weighted by molar-refractivity contribution is 6.02. The molecule has 1 saturated carbocycles. The van der Waals surface area contributed by atoms with Gasteiger partial charge in [0.05, 0.1) is 5.56 Å². The fourth-order valence-electron chi connectivity index (χ4n) is 2.64. The lowest BCUT2D eigenvalue weighted by molar-refractivity contribution is -0.0265. The number of carbonyl (C=O) groups is 1. The summed E-state index contributed by atoms with van der Waals surface area (Å²) in [6, 6.07) is 6.14. The Morgan fingerprint density at radius 1 is 1.33 bits per heavy atom. The van der Waals surface area contributed by atoms with Crippen LogP contribution in [0, 0.1) is 11.7 Å². The number of hydrogen-bond donors (Lipinski definition) is 0. The van der Waals surface area contributed by atoms with E-state index in [-0.39, 0.29) is 11.3 Å². The third kappa shape index (κ3) is 2.32. The molecular weight excluding hydrogens is 231 g/mol. The van der Waals surface area contributed by atoms with Crippen molar-refractivity contribution in [3.63, 3.8) is 0 Å². The first-order valence-corrected chi connectivity index (χ1v) is 6.43. The van der Waals surface area contributed by atoms with Crippen molar-refractivity contribution in [2.75, 3.05) is 7.11 Å². The van der Waals surface area contributed by atoms with Crippen molar-refractivity contribution in [2.24, 2.45) is 5.92 Å². The van der Waals surface area contributed by atoms with Gasteiger partial charge < -0.3 is 4.74 Å². The van der Waals surface area contributed by atoms with E-state index in [4.69, 9.17) is 4.74 Å². The first-order chi connectivity index (χ1) is 8.59. The summed E-state index contributed by atoms with van der Waals surface area (Å²) >= 11 is 0. The van der Waals surface area contributed by atoms with Gasteiger partial charge in [-0.2, -0.15) is 0 Å². The summed E-state index contributed by atoms with van der Waals surface area (Å²) < 4.78 is 19.2. The van der Waals surface area contributed by atoms with E-state index in [0.29, 0.717) is 18.8 Å². The van der Waals surface area contributed by atoms with Gasteiger partial charge in [-0.15, -0.1) is 0 Å². The molecule has 1 aliphatic carbocycles. The van der Waals surface area contributed by atoms with Crippen LogP contribution in [0.3, 0.4) is 0 Å². The van der Waals surface area contributed by atoms with Gasteiger partial charge in [-0.3, -0.25) is 4.79 Å². The van der Waals surface area contributed by atoms with Gasteiger partial charge in [-0.1, -0.05) is 19.1 Å². The molecule has 0 radical (unpaired) electrons. The molecule has 0 bridgehead atoms. The molecule has 0 unspecified atom stereocenters. The van der Waals surface area contributed by atoms with Gasteiger partial charge in [0.25, 0.3) is 0 Å². The maximum Gasteiger partial charge on any atom is 0.197 e. The average molecular weight is 250 g/mol. The van der Waals surface area contributed by atoms with Crippen molar-refractivity contribution in [1.29, 1.82) is 0 Å². The molecular formula is C15H19FO2. The van der Waals surface area contributed by atoms with E-state index in [1.807, 2.05) is 0 Å². The molecule has 1 aromatic rings. The van der Waals surface area contributed by atoms with Crippen LogP contribution in [0.25, 0.3) is 0 Å². The molecule has 2 nitrogen and oxygen atoms in total. The molecule has 0 atom stereocenters. The summed E-state index contributed by atoms with van der Waals surface area (Å²) in [6.07, 6.45) is 3.26. The van der Waals surface area contributed by atoms with E-state index in [1.165, 1.54) is 12.1 Å². The van der Waals surface area contributed by atoms with Gasteiger partial charge in [-0.25, -0.2) is 4.39 Å². The van der Waals surface area contributed by atoms with Gasteiger partial charge >= 0.3 is 0 Å². The largest absolute Gasteiger partial charge is 0.370 e. The van der Waals surface area contributed by atoms with Crippen LogP contribution in [0.4, 0.5) is 4.39 Å². The lowest BCUT2D eigenvalue weighted by atomic mass is 9.75. The number of halogens is 1. The van der Waals surface area contributed by atoms with Gasteiger partial charge in [0.2, 0.25) is 0 Å². The molecule has 0 aromatic heterocycles. The van der Waals surface area contributed by atoms with Crippen LogP contribution in [0.5, 0.6) is 0 Å². The zero-order valence-corrected chi connectivity index (χ0v) is 10.9. The van der Waals surface area contributed by atoms with Gasteiger partial charge in [-0.05, 0) is 43.7 Å². The van der Waals surface area contributed by atoms with Crippen LogP contribution in [-0.4, -0.2) is 18.5 Å². The average Bonchev–Trinajstić information content (AvgIpc) is 2.40. The van der Waals surface area contributed by atoms with Gasteiger partial charge in [0.1, 0.15) is 11.4 Å². The Morgan fingerprint density at radius 2 is 1.94 bits per heavy atom. The molecule has 0 spiro atoms. The maximum absolute atomic E-state index is 13.7. The van der Waals surface area contributed by atoms with E-state index in [9.17, 15) is 9.18 Å². The Labute approximate surface area is 107 Å². The maximum atomic E-state index is 13.7. The van der Waals surface area contributed by atoms with E-state index in [2.05, 4.69) is 6.92 Å². The Bertz CT molecular complexity index is 434. The third-order valence-corrected chi connectivity index (χ3v) is 4.00. The molecule has 2 rings (SSSR count). The summed E-state index contributed by atoms with van der Waals surface area (Å²) in [4.78, 5) is 12.5. The van der Waals surface area contributed by atoms with Crippen molar-refractivity contribution < 1.29 is 13.9 Å². The predicted octanol–water partition coefficient (Wildman–Crippen LogP) is 3.60. The number of benzene rings is 1. The molecule has 1 aromatic carbocycles. The van der Waals surface area contributed by atoms with Crippen LogP contribution in [-0.2, 0) is 4.74 Å². The van der Waals surface area contributed by atoms with Gasteiger partial charge in [0.15, 0.2) is 5.78 Å². The number of Topliss-reactive ketones (excluding diaryl/α,β-unsaturated/α-hetero) is 1. The molecule has 0 N–H and O–H groups in total. The van der Waals surface area contributed by atoms with Crippen LogP contribution in [0.2, 0.25) is 0 Å². The van der Waals surface area contributed by atoms with E-state index in [1.54, 1.807) is 19.2 Å². The Kier molecular flexibility index (Phi) is 3.81. The van der Waals surface area contributed by atoms with E-state index >= 15 is 0 Å². The summed E-state index contributed by atoms with van der Waals surface area (Å²) in [5.41, 5.74) is -0.678. The van der Waals surface area contributed by atoms with Crippen molar-refractivity contribution in [2.45, 2.75) is 38.2 Å². The first-order valence-electron chi connectivity index (χ1n) is 6.43.